The van der Waals surface area contributed by atoms with Gasteiger partial charge in [-0.05, 0) is 32.1 Å². The fourth-order valence-electron chi connectivity index (χ4n) is 0.841. The monoisotopic (exact) mass is 129 g/mol. The van der Waals surface area contributed by atoms with Gasteiger partial charge in [0.15, 0.2) is 0 Å². The molecule has 1 atom stereocenters. The third-order valence-corrected chi connectivity index (χ3v) is 2.29. The van der Waals surface area contributed by atoms with Crippen LogP contribution in [0, 0.1) is 12.3 Å². The minimum Gasteiger partial charge on any atom is -0.393 e. The molecule has 0 bridgehead atoms. The molecule has 1 nitrogen and oxygen atoms in total. The highest BCUT2D eigenvalue weighted by molar-refractivity contribution is 4.83. The van der Waals surface area contributed by atoms with Crippen molar-refractivity contribution in [2.45, 2.75) is 39.7 Å². The zero-order valence-corrected chi connectivity index (χ0v) is 6.65. The van der Waals surface area contributed by atoms with E-state index in [9.17, 15) is 5.11 Å². The van der Waals surface area contributed by atoms with Gasteiger partial charge in [-0.2, -0.15) is 0 Å². The van der Waals surface area contributed by atoms with Crippen molar-refractivity contribution in [1.82, 2.24) is 0 Å². The van der Waals surface area contributed by atoms with E-state index < -0.39 is 0 Å². The normalized spacial score (nSPS) is 15.7. The summed E-state index contributed by atoms with van der Waals surface area (Å²) in [6.07, 6.45) is 1.61. The van der Waals surface area contributed by atoms with Gasteiger partial charge in [0, 0.05) is 0 Å². The largest absolute Gasteiger partial charge is 0.393 e. The lowest BCUT2D eigenvalue weighted by atomic mass is 9.80. The van der Waals surface area contributed by atoms with Crippen LogP contribution >= 0.6 is 0 Å². The van der Waals surface area contributed by atoms with Crippen LogP contribution in [0.4, 0.5) is 0 Å². The highest BCUT2D eigenvalue weighted by Gasteiger charge is 2.25. The number of rotatable bonds is 3. The van der Waals surface area contributed by atoms with Gasteiger partial charge in [0.25, 0.3) is 0 Å². The Morgan fingerprint density at radius 1 is 1.44 bits per heavy atom. The van der Waals surface area contributed by atoms with Crippen molar-refractivity contribution >= 4 is 0 Å². The lowest BCUT2D eigenvalue weighted by Crippen LogP contribution is -2.28. The van der Waals surface area contributed by atoms with Gasteiger partial charge in [0.1, 0.15) is 0 Å². The summed E-state index contributed by atoms with van der Waals surface area (Å²) in [5.74, 6) is 0. The summed E-state index contributed by atoms with van der Waals surface area (Å²) in [5.41, 5.74) is -0.111. The van der Waals surface area contributed by atoms with Crippen LogP contribution in [0.5, 0.6) is 0 Å². The minimum absolute atomic E-state index is 0.111. The summed E-state index contributed by atoms with van der Waals surface area (Å²) in [5, 5.41) is 9.21. The molecule has 0 aliphatic rings. The van der Waals surface area contributed by atoms with E-state index in [-0.39, 0.29) is 11.5 Å². The fraction of sp³-hybridized carbons (Fsp3) is 0.875. The second kappa shape index (κ2) is 3.21. The van der Waals surface area contributed by atoms with Crippen LogP contribution in [0.2, 0.25) is 0 Å². The van der Waals surface area contributed by atoms with E-state index in [1.54, 1.807) is 6.92 Å². The summed E-state index contributed by atoms with van der Waals surface area (Å²) < 4.78 is 0. The Morgan fingerprint density at radius 3 is 1.78 bits per heavy atom. The second-order valence-electron chi connectivity index (χ2n) is 2.75. The maximum atomic E-state index is 9.21. The van der Waals surface area contributed by atoms with Gasteiger partial charge in [0.05, 0.1) is 6.10 Å². The SMILES string of the molecule is [CH2]C(CC)(CC)C(C)O. The third-order valence-electron chi connectivity index (χ3n) is 2.29. The van der Waals surface area contributed by atoms with Crippen LogP contribution in [0.25, 0.3) is 0 Å². The Bertz CT molecular complexity index is 72.6. The van der Waals surface area contributed by atoms with E-state index in [1.807, 2.05) is 0 Å². The van der Waals surface area contributed by atoms with Crippen LogP contribution in [0.15, 0.2) is 0 Å². The average Bonchev–Trinajstić information content (AvgIpc) is 1.86. The molecule has 55 valence electrons. The van der Waals surface area contributed by atoms with Crippen molar-refractivity contribution in [3.63, 3.8) is 0 Å². The second-order valence-corrected chi connectivity index (χ2v) is 2.75. The molecule has 0 saturated heterocycles. The summed E-state index contributed by atoms with van der Waals surface area (Å²) in [6.45, 7) is 9.88. The third kappa shape index (κ3) is 1.98. The van der Waals surface area contributed by atoms with Gasteiger partial charge in [-0.25, -0.2) is 0 Å². The van der Waals surface area contributed by atoms with E-state index in [1.165, 1.54) is 0 Å². The summed E-state index contributed by atoms with van der Waals surface area (Å²) in [6, 6.07) is 0. The lowest BCUT2D eigenvalue weighted by Gasteiger charge is -2.29. The molecule has 0 fully saturated rings. The Hall–Kier alpha value is -0.0400. The Morgan fingerprint density at radius 2 is 1.78 bits per heavy atom. The topological polar surface area (TPSA) is 20.2 Å². The van der Waals surface area contributed by atoms with Crippen molar-refractivity contribution in [2.24, 2.45) is 5.41 Å². The van der Waals surface area contributed by atoms with Gasteiger partial charge < -0.3 is 5.11 Å². The molecule has 0 aromatic heterocycles. The average molecular weight is 129 g/mol. The van der Waals surface area contributed by atoms with Crippen molar-refractivity contribution in [3.8, 4) is 0 Å². The Labute approximate surface area is 58.1 Å². The van der Waals surface area contributed by atoms with Gasteiger partial charge in [-0.15, -0.1) is 0 Å². The standard InChI is InChI=1S/C8H17O/c1-5-8(4,6-2)7(3)9/h7,9H,4-6H2,1-3H3. The molecule has 0 amide bonds. The van der Waals surface area contributed by atoms with Crippen LogP contribution in [0.3, 0.4) is 0 Å². The minimum atomic E-state index is -0.285. The van der Waals surface area contributed by atoms with Crippen molar-refractivity contribution in [1.29, 1.82) is 0 Å². The molecule has 9 heavy (non-hydrogen) atoms. The summed E-state index contributed by atoms with van der Waals surface area (Å²) >= 11 is 0. The van der Waals surface area contributed by atoms with E-state index in [2.05, 4.69) is 20.8 Å². The first-order valence-corrected chi connectivity index (χ1v) is 3.60. The van der Waals surface area contributed by atoms with Gasteiger partial charge in [-0.1, -0.05) is 13.8 Å². The molecule has 0 aliphatic carbocycles. The van der Waals surface area contributed by atoms with Crippen molar-refractivity contribution in [2.75, 3.05) is 0 Å². The molecular weight excluding hydrogens is 112 g/mol. The molecule has 1 unspecified atom stereocenters. The van der Waals surface area contributed by atoms with Crippen LogP contribution < -0.4 is 0 Å². The quantitative estimate of drug-likeness (QED) is 0.618. The van der Waals surface area contributed by atoms with Crippen LogP contribution in [0.1, 0.15) is 33.6 Å². The maximum Gasteiger partial charge on any atom is 0.0568 e. The Kier molecular flexibility index (Phi) is 3.20. The lowest BCUT2D eigenvalue weighted by molar-refractivity contribution is 0.0662. The molecule has 1 heteroatoms. The first kappa shape index (κ1) is 8.96. The van der Waals surface area contributed by atoms with Crippen molar-refractivity contribution < 1.29 is 5.11 Å². The van der Waals surface area contributed by atoms with Gasteiger partial charge in [-0.3, -0.25) is 0 Å². The first-order valence-electron chi connectivity index (χ1n) is 3.60. The predicted octanol–water partition coefficient (Wildman–Crippen LogP) is 2.01. The van der Waals surface area contributed by atoms with E-state index in [0.29, 0.717) is 0 Å². The predicted molar refractivity (Wildman–Crippen MR) is 40.1 cm³/mol. The highest BCUT2D eigenvalue weighted by atomic mass is 16.3. The van der Waals surface area contributed by atoms with E-state index in [4.69, 9.17) is 0 Å². The molecule has 1 N–H and O–H groups in total. The maximum absolute atomic E-state index is 9.21. The summed E-state index contributed by atoms with van der Waals surface area (Å²) in [4.78, 5) is 0. The van der Waals surface area contributed by atoms with E-state index in [0.717, 1.165) is 12.8 Å². The molecule has 0 aliphatic heterocycles. The molecule has 0 aromatic carbocycles. The number of aliphatic hydroxyl groups is 1. The van der Waals surface area contributed by atoms with Crippen LogP contribution in [-0.4, -0.2) is 11.2 Å². The molecule has 0 aromatic rings. The number of hydrogen-bond donors (Lipinski definition) is 1. The van der Waals surface area contributed by atoms with Gasteiger partial charge >= 0.3 is 0 Å². The Balaban J connectivity index is 3.92. The molecule has 0 saturated carbocycles. The van der Waals surface area contributed by atoms with E-state index >= 15 is 0 Å². The summed E-state index contributed by atoms with van der Waals surface area (Å²) in [7, 11) is 0. The highest BCUT2D eigenvalue weighted by Crippen LogP contribution is 2.28. The fourth-order valence-corrected chi connectivity index (χ4v) is 0.841. The smallest absolute Gasteiger partial charge is 0.0568 e. The molecule has 0 rings (SSSR count). The van der Waals surface area contributed by atoms with Crippen molar-refractivity contribution in [3.05, 3.63) is 6.92 Å². The zero-order valence-electron chi connectivity index (χ0n) is 6.65. The van der Waals surface area contributed by atoms with Crippen LogP contribution in [-0.2, 0) is 0 Å². The molecule has 0 spiro atoms. The molecule has 0 heterocycles. The number of hydrogen-bond acceptors (Lipinski definition) is 1. The number of aliphatic hydroxyl groups excluding tert-OH is 1. The van der Waals surface area contributed by atoms with Gasteiger partial charge in [0.2, 0.25) is 0 Å². The zero-order chi connectivity index (χ0) is 7.49. The first-order chi connectivity index (χ1) is 4.06. The molecular formula is C8H17O. The molecule has 1 radical (unpaired) electrons.